The van der Waals surface area contributed by atoms with Crippen LogP contribution in [0.3, 0.4) is 0 Å². The first-order valence-electron chi connectivity index (χ1n) is 9.03. The van der Waals surface area contributed by atoms with Crippen LogP contribution in [0.15, 0.2) is 33.2 Å². The molecule has 0 aromatic carbocycles. The maximum Gasteiger partial charge on any atom is 0.291 e. The van der Waals surface area contributed by atoms with Crippen molar-refractivity contribution in [2.24, 2.45) is 3.77 Å². The van der Waals surface area contributed by atoms with E-state index in [-0.39, 0.29) is 16.7 Å². The van der Waals surface area contributed by atoms with E-state index in [1.807, 2.05) is 0 Å². The second-order valence-electron chi connectivity index (χ2n) is 7.18. The molecule has 2 amide bonds. The number of nitrogens with zero attached hydrogens (tertiary/aromatic N) is 4. The highest BCUT2D eigenvalue weighted by Crippen LogP contribution is 2.25. The summed E-state index contributed by atoms with van der Waals surface area (Å²) >= 11 is 0. The molecule has 0 radical (unpaired) electrons. The van der Waals surface area contributed by atoms with Crippen molar-refractivity contribution in [3.05, 3.63) is 24.5 Å². The van der Waals surface area contributed by atoms with Gasteiger partial charge in [-0.3, -0.25) is 14.6 Å². The molecule has 2 aliphatic rings. The Bertz CT molecular complexity index is 978. The summed E-state index contributed by atoms with van der Waals surface area (Å²) in [6, 6.07) is 2.40. The van der Waals surface area contributed by atoms with Crippen LogP contribution in [-0.4, -0.2) is 76.9 Å². The van der Waals surface area contributed by atoms with Crippen molar-refractivity contribution < 1.29 is 22.2 Å². The molecule has 0 saturated carbocycles. The normalized spacial score (nSPS) is 23.5. The van der Waals surface area contributed by atoms with Crippen molar-refractivity contribution in [3.63, 3.8) is 0 Å². The average molecular weight is 429 g/mol. The number of hydrogen-bond donors (Lipinski definition) is 0. The van der Waals surface area contributed by atoms with E-state index in [1.165, 1.54) is 35.7 Å². The zero-order chi connectivity index (χ0) is 20.5. The number of aromatic nitrogens is 1. The minimum atomic E-state index is -4.06. The van der Waals surface area contributed by atoms with Crippen molar-refractivity contribution in [3.8, 4) is 0 Å². The average Bonchev–Trinajstić information content (AvgIpc) is 3.00. The van der Waals surface area contributed by atoms with Crippen LogP contribution in [0.25, 0.3) is 0 Å². The minimum Gasteiger partial charge on any atom is -0.341 e. The molecule has 2 fully saturated rings. The molecule has 2 aliphatic heterocycles. The molecule has 28 heavy (non-hydrogen) atoms. The number of rotatable bonds is 4. The fourth-order valence-corrected chi connectivity index (χ4v) is 7.54. The summed E-state index contributed by atoms with van der Waals surface area (Å²) in [4.78, 5) is 31.1. The van der Waals surface area contributed by atoms with Gasteiger partial charge in [0.25, 0.3) is 10.0 Å². The van der Waals surface area contributed by atoms with Gasteiger partial charge in [0.2, 0.25) is 11.8 Å². The fourth-order valence-electron chi connectivity index (χ4n) is 3.62. The zero-order valence-corrected chi connectivity index (χ0v) is 17.5. The summed E-state index contributed by atoms with van der Waals surface area (Å²) in [5.74, 6) is -0.140. The Morgan fingerprint density at radius 3 is 2.43 bits per heavy atom. The molecule has 1 aromatic heterocycles. The van der Waals surface area contributed by atoms with Gasteiger partial charge in [-0.1, -0.05) is 0 Å². The number of pyridine rings is 1. The highest BCUT2D eigenvalue weighted by molar-refractivity contribution is 8.03. The molecule has 3 heterocycles. The third kappa shape index (κ3) is 4.19. The lowest BCUT2D eigenvalue weighted by Gasteiger charge is -2.35. The smallest absolute Gasteiger partial charge is 0.291 e. The van der Waals surface area contributed by atoms with Gasteiger partial charge in [-0.2, -0.15) is 8.42 Å². The van der Waals surface area contributed by atoms with E-state index in [4.69, 9.17) is 0 Å². The van der Waals surface area contributed by atoms with Gasteiger partial charge in [0, 0.05) is 50.5 Å². The van der Waals surface area contributed by atoms with Crippen molar-refractivity contribution in [2.75, 3.05) is 26.4 Å². The van der Waals surface area contributed by atoms with Crippen molar-refractivity contribution >= 4 is 31.6 Å². The number of amides is 2. The Morgan fingerprint density at radius 2 is 1.89 bits per heavy atom. The lowest BCUT2D eigenvalue weighted by atomic mass is 10.1. The number of likely N-dealkylation sites (N-methyl/N-ethyl adjacent to an activating group) is 1. The fraction of sp³-hybridized carbons (Fsp3) is 0.588. The maximum atomic E-state index is 13.0. The highest BCUT2D eigenvalue weighted by Gasteiger charge is 2.38. The van der Waals surface area contributed by atoms with Crippen molar-refractivity contribution in [1.29, 1.82) is 0 Å². The predicted octanol–water partition coefficient (Wildman–Crippen LogP) is 0.480. The summed E-state index contributed by atoms with van der Waals surface area (Å²) in [6.07, 6.45) is 5.66. The maximum absolute atomic E-state index is 13.0. The highest BCUT2D eigenvalue weighted by atomic mass is 32.3. The predicted molar refractivity (Wildman–Crippen MR) is 103 cm³/mol. The summed E-state index contributed by atoms with van der Waals surface area (Å²) in [5.41, 5.74) is 0. The first kappa shape index (κ1) is 20.7. The van der Waals surface area contributed by atoms with Gasteiger partial charge >= 0.3 is 0 Å². The van der Waals surface area contributed by atoms with Crippen LogP contribution in [0.2, 0.25) is 0 Å². The van der Waals surface area contributed by atoms with Gasteiger partial charge < -0.3 is 9.80 Å². The Hall–Kier alpha value is -2.01. The van der Waals surface area contributed by atoms with Crippen LogP contribution in [-0.2, 0) is 29.3 Å². The molecule has 3 rings (SSSR count). The van der Waals surface area contributed by atoms with E-state index in [2.05, 4.69) is 8.75 Å². The number of hydrogen-bond acceptors (Lipinski definition) is 6. The first-order valence-corrected chi connectivity index (χ1v) is 12.5. The zero-order valence-electron chi connectivity index (χ0n) is 15.9. The SMILES string of the molecule is CN1C(=O)CC[C@@H]1C(=O)N1CCC(S(C)(=O)=NS(=O)(=O)c2cccnc2)CC1. The van der Waals surface area contributed by atoms with Gasteiger partial charge in [0.1, 0.15) is 10.9 Å². The Labute approximate surface area is 165 Å². The Kier molecular flexibility index (Phi) is 5.76. The number of piperidine rings is 1. The van der Waals surface area contributed by atoms with Gasteiger partial charge in [-0.25, -0.2) is 4.21 Å². The van der Waals surface area contributed by atoms with Crippen LogP contribution in [0, 0.1) is 0 Å². The second-order valence-corrected chi connectivity index (χ2v) is 11.6. The summed E-state index contributed by atoms with van der Waals surface area (Å²) in [7, 11) is -5.45. The number of carbonyl (C=O) groups is 2. The molecule has 2 atom stereocenters. The number of likely N-dealkylation sites (tertiary alicyclic amines) is 2. The second kappa shape index (κ2) is 7.78. The molecule has 0 spiro atoms. The molecule has 154 valence electrons. The van der Waals surface area contributed by atoms with Crippen molar-refractivity contribution in [1.82, 2.24) is 14.8 Å². The first-order chi connectivity index (χ1) is 13.1. The van der Waals surface area contributed by atoms with Gasteiger partial charge in [0.05, 0.1) is 9.73 Å². The summed E-state index contributed by atoms with van der Waals surface area (Å²) < 4.78 is 41.6. The van der Waals surface area contributed by atoms with E-state index in [0.717, 1.165) is 0 Å². The summed E-state index contributed by atoms with van der Waals surface area (Å²) in [5, 5.41) is -0.425. The van der Waals surface area contributed by atoms with E-state index >= 15 is 0 Å². The van der Waals surface area contributed by atoms with Gasteiger partial charge in [-0.05, 0) is 31.4 Å². The Balaban J connectivity index is 1.69. The number of sulfonamides is 1. The van der Waals surface area contributed by atoms with Gasteiger partial charge in [0.15, 0.2) is 0 Å². The van der Waals surface area contributed by atoms with Crippen LogP contribution < -0.4 is 0 Å². The van der Waals surface area contributed by atoms with E-state index in [9.17, 15) is 22.2 Å². The lowest BCUT2D eigenvalue weighted by Crippen LogP contribution is -2.49. The number of carbonyl (C=O) groups excluding carboxylic acids is 2. The molecule has 0 bridgehead atoms. The third-order valence-electron chi connectivity index (χ3n) is 5.33. The molecule has 1 aromatic rings. The van der Waals surface area contributed by atoms with E-state index in [0.29, 0.717) is 38.8 Å². The van der Waals surface area contributed by atoms with E-state index in [1.54, 1.807) is 11.9 Å². The molecule has 2 saturated heterocycles. The minimum absolute atomic E-state index is 0.0378. The molecule has 11 heteroatoms. The van der Waals surface area contributed by atoms with Crippen LogP contribution in [0.4, 0.5) is 0 Å². The van der Waals surface area contributed by atoms with Crippen LogP contribution in [0.5, 0.6) is 0 Å². The quantitative estimate of drug-likeness (QED) is 0.688. The molecule has 9 nitrogen and oxygen atoms in total. The van der Waals surface area contributed by atoms with Gasteiger partial charge in [-0.15, -0.1) is 3.77 Å². The molecular weight excluding hydrogens is 404 g/mol. The van der Waals surface area contributed by atoms with Crippen LogP contribution >= 0.6 is 0 Å². The third-order valence-corrected chi connectivity index (χ3v) is 9.84. The van der Waals surface area contributed by atoms with E-state index < -0.39 is 31.0 Å². The monoisotopic (exact) mass is 428 g/mol. The molecule has 0 aliphatic carbocycles. The standard InChI is InChI=1S/C17H24N4O5S2/c1-20-15(5-6-16(20)22)17(23)21-10-7-13(8-11-21)27(2,24)19-28(25,26)14-4-3-9-18-12-14/h3-4,9,12-13,15H,5-8,10-11H2,1-2H3/t15-,27?/m1/s1. The topological polar surface area (TPSA) is 117 Å². The Morgan fingerprint density at radius 1 is 1.21 bits per heavy atom. The lowest BCUT2D eigenvalue weighted by molar-refractivity contribution is -0.140. The molecular formula is C17H24N4O5S2. The molecule has 0 N–H and O–H groups in total. The molecule has 1 unspecified atom stereocenters. The largest absolute Gasteiger partial charge is 0.341 e. The van der Waals surface area contributed by atoms with Crippen LogP contribution in [0.1, 0.15) is 25.7 Å². The summed E-state index contributed by atoms with van der Waals surface area (Å²) in [6.45, 7) is 0.741. The van der Waals surface area contributed by atoms with Crippen molar-refractivity contribution in [2.45, 2.75) is 41.9 Å².